The summed E-state index contributed by atoms with van der Waals surface area (Å²) < 4.78 is 33.8. The van der Waals surface area contributed by atoms with Crippen LogP contribution in [-0.2, 0) is 10.0 Å². The largest absolute Gasteiger partial charge is 0.479 e. The standard InChI is InChI=1S/C32H40BrN11O3S/c1-41-16-18-42(19-17-41)21-10-14-43(15-11-21)27-9-8-26(31(39-27)47-2)38-32-36-20-23(33)30(40-32)37-25-7-6-24-28(35-13-12-34-24)29(25)44(22-4-5-22)48(3,45)46/h6-9,12-13,20-22H,4-5,10-11,14-19H2,1-3H3,(H2,36,37,38,40). The number of likely N-dealkylation sites (N-methyl/N-ethyl adjacent to an activating group) is 1. The maximum Gasteiger partial charge on any atom is 0.239 e. The molecule has 254 valence electrons. The molecule has 1 saturated carbocycles. The summed E-state index contributed by atoms with van der Waals surface area (Å²) in [5.41, 5.74) is 2.69. The molecule has 0 unspecified atom stereocenters. The molecule has 5 heterocycles. The monoisotopic (exact) mass is 737 g/mol. The van der Waals surface area contributed by atoms with Gasteiger partial charge in [0.2, 0.25) is 21.9 Å². The minimum absolute atomic E-state index is 0.134. The summed E-state index contributed by atoms with van der Waals surface area (Å²) in [6.45, 7) is 6.44. The Labute approximate surface area is 289 Å². The quantitative estimate of drug-likeness (QED) is 0.240. The van der Waals surface area contributed by atoms with Crippen LogP contribution in [0.4, 0.5) is 34.6 Å². The van der Waals surface area contributed by atoms with Crippen LogP contribution >= 0.6 is 15.9 Å². The highest BCUT2D eigenvalue weighted by molar-refractivity contribution is 9.10. The zero-order valence-electron chi connectivity index (χ0n) is 27.3. The van der Waals surface area contributed by atoms with E-state index in [1.54, 1.807) is 31.8 Å². The number of halogens is 1. The van der Waals surface area contributed by atoms with Gasteiger partial charge in [0.1, 0.15) is 28.5 Å². The number of nitrogens with zero attached hydrogens (tertiary/aromatic N) is 9. The van der Waals surface area contributed by atoms with Crippen LogP contribution in [0.25, 0.3) is 11.0 Å². The van der Waals surface area contributed by atoms with E-state index in [0.29, 0.717) is 56.3 Å². The Bertz CT molecular complexity index is 1900. The SMILES string of the molecule is COc1nc(N2CCC(N3CCN(C)CC3)CC2)ccc1Nc1ncc(Br)c(Nc2ccc3nccnc3c2N(C2CC2)S(C)(=O)=O)n1. The van der Waals surface area contributed by atoms with Crippen molar-refractivity contribution in [2.75, 3.05) is 79.5 Å². The number of piperazine rings is 1. The number of benzene rings is 1. The predicted molar refractivity (Wildman–Crippen MR) is 191 cm³/mol. The van der Waals surface area contributed by atoms with Crippen LogP contribution in [-0.4, -0.2) is 115 Å². The molecular formula is C32H40BrN11O3S. The number of anilines is 6. The van der Waals surface area contributed by atoms with Crippen molar-refractivity contribution in [3.63, 3.8) is 0 Å². The van der Waals surface area contributed by atoms with Crippen LogP contribution < -0.4 is 24.6 Å². The smallest absolute Gasteiger partial charge is 0.239 e. The van der Waals surface area contributed by atoms with Gasteiger partial charge in [-0.15, -0.1) is 0 Å². The highest BCUT2D eigenvalue weighted by atomic mass is 79.9. The Hall–Kier alpha value is -3.86. The molecule has 0 amide bonds. The molecule has 14 nitrogen and oxygen atoms in total. The Morgan fingerprint density at radius 2 is 1.62 bits per heavy atom. The third-order valence-electron chi connectivity index (χ3n) is 9.20. The van der Waals surface area contributed by atoms with Gasteiger partial charge in [0, 0.05) is 69.9 Å². The highest BCUT2D eigenvalue weighted by Crippen LogP contribution is 2.43. The molecule has 0 radical (unpaired) electrons. The van der Waals surface area contributed by atoms with Crippen LogP contribution in [0, 0.1) is 0 Å². The number of piperidine rings is 1. The lowest BCUT2D eigenvalue weighted by Gasteiger charge is -2.42. The number of nitrogens with one attached hydrogen (secondary N) is 2. The summed E-state index contributed by atoms with van der Waals surface area (Å²) in [6.07, 6.45) is 9.79. The zero-order valence-corrected chi connectivity index (χ0v) is 29.7. The first kappa shape index (κ1) is 32.7. The van der Waals surface area contributed by atoms with Gasteiger partial charge in [-0.05, 0) is 72.9 Å². The first-order valence-corrected chi connectivity index (χ1v) is 18.8. The number of fused-ring (bicyclic) bond motifs is 1. The summed E-state index contributed by atoms with van der Waals surface area (Å²) in [7, 11) is 0.187. The fraction of sp³-hybridized carbons (Fsp3) is 0.469. The van der Waals surface area contributed by atoms with E-state index in [4.69, 9.17) is 14.7 Å². The van der Waals surface area contributed by atoms with Gasteiger partial charge in [-0.3, -0.25) is 19.2 Å². The van der Waals surface area contributed by atoms with Crippen molar-refractivity contribution in [1.82, 2.24) is 34.7 Å². The number of hydrogen-bond donors (Lipinski definition) is 2. The van der Waals surface area contributed by atoms with Crippen LogP contribution in [0.15, 0.2) is 47.3 Å². The average Bonchev–Trinajstić information content (AvgIpc) is 3.92. The minimum atomic E-state index is -3.61. The molecule has 2 N–H and O–H groups in total. The van der Waals surface area contributed by atoms with Gasteiger partial charge in [-0.1, -0.05) is 0 Å². The van der Waals surface area contributed by atoms with Crippen molar-refractivity contribution in [3.8, 4) is 5.88 Å². The van der Waals surface area contributed by atoms with Gasteiger partial charge in [0.05, 0.1) is 29.0 Å². The first-order valence-electron chi connectivity index (χ1n) is 16.2. The van der Waals surface area contributed by atoms with Crippen LogP contribution in [0.1, 0.15) is 25.7 Å². The van der Waals surface area contributed by atoms with Gasteiger partial charge >= 0.3 is 0 Å². The molecule has 3 aromatic heterocycles. The highest BCUT2D eigenvalue weighted by Gasteiger charge is 2.38. The molecule has 2 aliphatic heterocycles. The van der Waals surface area contributed by atoms with E-state index in [1.165, 1.54) is 10.6 Å². The van der Waals surface area contributed by atoms with Crippen LogP contribution in [0.3, 0.4) is 0 Å². The summed E-state index contributed by atoms with van der Waals surface area (Å²) in [4.78, 5) is 30.3. The average molecular weight is 739 g/mol. The summed E-state index contributed by atoms with van der Waals surface area (Å²) >= 11 is 3.56. The number of ether oxygens (including phenoxy) is 1. The van der Waals surface area contributed by atoms with Gasteiger partial charge < -0.3 is 25.2 Å². The third kappa shape index (κ3) is 6.97. The van der Waals surface area contributed by atoms with Crippen molar-refractivity contribution < 1.29 is 13.2 Å². The molecule has 7 rings (SSSR count). The summed E-state index contributed by atoms with van der Waals surface area (Å²) in [6, 6.07) is 8.03. The van der Waals surface area contributed by atoms with E-state index in [-0.39, 0.29) is 6.04 Å². The van der Waals surface area contributed by atoms with E-state index in [2.05, 4.69) is 63.3 Å². The predicted octanol–water partition coefficient (Wildman–Crippen LogP) is 4.22. The van der Waals surface area contributed by atoms with Gasteiger partial charge in [-0.2, -0.15) is 9.97 Å². The van der Waals surface area contributed by atoms with Crippen molar-refractivity contribution in [1.29, 1.82) is 0 Å². The van der Waals surface area contributed by atoms with E-state index in [1.807, 2.05) is 18.2 Å². The van der Waals surface area contributed by atoms with E-state index in [9.17, 15) is 8.42 Å². The molecule has 3 aliphatic rings. The molecular weight excluding hydrogens is 698 g/mol. The van der Waals surface area contributed by atoms with Gasteiger partial charge in [-0.25, -0.2) is 13.4 Å². The van der Waals surface area contributed by atoms with E-state index in [0.717, 1.165) is 70.8 Å². The summed E-state index contributed by atoms with van der Waals surface area (Å²) in [5, 5.41) is 6.58. The van der Waals surface area contributed by atoms with Crippen molar-refractivity contribution in [2.45, 2.75) is 37.8 Å². The van der Waals surface area contributed by atoms with Crippen molar-refractivity contribution in [2.24, 2.45) is 0 Å². The lowest BCUT2D eigenvalue weighted by atomic mass is 10.0. The first-order chi connectivity index (χ1) is 23.2. The van der Waals surface area contributed by atoms with E-state index >= 15 is 0 Å². The molecule has 4 aromatic rings. The second-order valence-corrected chi connectivity index (χ2v) is 15.3. The molecule has 0 atom stereocenters. The maximum absolute atomic E-state index is 13.0. The molecule has 1 aromatic carbocycles. The molecule has 48 heavy (non-hydrogen) atoms. The topological polar surface area (TPSA) is 145 Å². The number of rotatable bonds is 10. The van der Waals surface area contributed by atoms with Crippen LogP contribution in [0.2, 0.25) is 0 Å². The molecule has 2 saturated heterocycles. The normalized spacial score (nSPS) is 18.2. The van der Waals surface area contributed by atoms with Crippen molar-refractivity contribution in [3.05, 3.63) is 47.3 Å². The molecule has 1 aliphatic carbocycles. The second kappa shape index (κ2) is 13.6. The molecule has 3 fully saturated rings. The Morgan fingerprint density at radius 3 is 2.33 bits per heavy atom. The number of pyridine rings is 1. The van der Waals surface area contributed by atoms with Crippen LogP contribution in [0.5, 0.6) is 5.88 Å². The number of sulfonamides is 1. The lowest BCUT2D eigenvalue weighted by Crippen LogP contribution is -2.52. The second-order valence-electron chi connectivity index (χ2n) is 12.6. The summed E-state index contributed by atoms with van der Waals surface area (Å²) in [5.74, 6) is 2.07. The fourth-order valence-corrected chi connectivity index (χ4v) is 8.10. The minimum Gasteiger partial charge on any atom is -0.479 e. The fourth-order valence-electron chi connectivity index (χ4n) is 6.54. The number of aromatic nitrogens is 5. The number of methoxy groups -OCH3 is 1. The maximum atomic E-state index is 13.0. The molecule has 0 bridgehead atoms. The van der Waals surface area contributed by atoms with Crippen molar-refractivity contribution >= 4 is 71.6 Å². The molecule has 0 spiro atoms. The zero-order chi connectivity index (χ0) is 33.4. The third-order valence-corrected chi connectivity index (χ3v) is 11.0. The van der Waals surface area contributed by atoms with Gasteiger partial charge in [0.15, 0.2) is 0 Å². The van der Waals surface area contributed by atoms with Gasteiger partial charge in [0.25, 0.3) is 0 Å². The lowest BCUT2D eigenvalue weighted by molar-refractivity contribution is 0.0981. The van der Waals surface area contributed by atoms with E-state index < -0.39 is 10.0 Å². The Kier molecular flexibility index (Phi) is 9.24. The Balaban J connectivity index is 1.10. The molecule has 16 heteroatoms. The number of hydrogen-bond acceptors (Lipinski definition) is 13. The Morgan fingerprint density at radius 1 is 0.896 bits per heavy atom.